The first-order valence-electron chi connectivity index (χ1n) is 9.57. The van der Waals surface area contributed by atoms with Crippen molar-refractivity contribution in [3.63, 3.8) is 0 Å². The number of benzene rings is 1. The summed E-state index contributed by atoms with van der Waals surface area (Å²) >= 11 is 0. The number of rotatable bonds is 4. The van der Waals surface area contributed by atoms with Crippen molar-refractivity contribution < 1.29 is 13.6 Å². The van der Waals surface area contributed by atoms with Crippen LogP contribution in [0.5, 0.6) is 0 Å². The number of hydrogen-bond donors (Lipinski definition) is 1. The molecule has 1 aliphatic heterocycles. The quantitative estimate of drug-likeness (QED) is 0.729. The van der Waals surface area contributed by atoms with E-state index in [-0.39, 0.29) is 23.6 Å². The minimum atomic E-state index is -0.274. The van der Waals surface area contributed by atoms with Crippen LogP contribution in [-0.4, -0.2) is 38.8 Å². The summed E-state index contributed by atoms with van der Waals surface area (Å²) in [5.74, 6) is 0.939. The lowest BCUT2D eigenvalue weighted by Gasteiger charge is -2.31. The van der Waals surface area contributed by atoms with Gasteiger partial charge in [-0.2, -0.15) is 0 Å². The fourth-order valence-corrected chi connectivity index (χ4v) is 3.67. The molecule has 8 heteroatoms. The van der Waals surface area contributed by atoms with Gasteiger partial charge in [0.2, 0.25) is 5.95 Å². The van der Waals surface area contributed by atoms with E-state index in [9.17, 15) is 9.18 Å². The Morgan fingerprint density at radius 1 is 1.34 bits per heavy atom. The summed E-state index contributed by atoms with van der Waals surface area (Å²) in [6.45, 7) is 2.93. The van der Waals surface area contributed by atoms with Gasteiger partial charge in [-0.25, -0.2) is 19.3 Å². The van der Waals surface area contributed by atoms with Crippen molar-refractivity contribution in [1.82, 2.24) is 19.9 Å². The largest absolute Gasteiger partial charge is 0.445 e. The van der Waals surface area contributed by atoms with Gasteiger partial charge in [-0.15, -0.1) is 0 Å². The van der Waals surface area contributed by atoms with Gasteiger partial charge in [0.05, 0.1) is 12.1 Å². The number of halogens is 1. The Kier molecular flexibility index (Phi) is 5.24. The first-order chi connectivity index (χ1) is 14.0. The molecule has 0 unspecified atom stereocenters. The fraction of sp³-hybridized carbons (Fsp3) is 0.333. The van der Waals surface area contributed by atoms with E-state index in [0.717, 1.165) is 18.4 Å². The second-order valence-corrected chi connectivity index (χ2v) is 7.31. The molecule has 2 N–H and O–H groups in total. The number of aromatic nitrogens is 3. The number of likely N-dealkylation sites (tertiary alicyclic amines) is 1. The molecular formula is C21H22FN5O2. The Morgan fingerprint density at radius 2 is 2.21 bits per heavy atom. The lowest BCUT2D eigenvalue weighted by atomic mass is 9.97. The number of hydrogen-bond acceptors (Lipinski definition) is 6. The van der Waals surface area contributed by atoms with Crippen molar-refractivity contribution in [3.8, 4) is 0 Å². The van der Waals surface area contributed by atoms with Crippen molar-refractivity contribution in [2.24, 2.45) is 0 Å². The summed E-state index contributed by atoms with van der Waals surface area (Å²) in [6, 6.07) is 8.06. The third-order valence-corrected chi connectivity index (χ3v) is 4.99. The van der Waals surface area contributed by atoms with E-state index in [2.05, 4.69) is 15.0 Å². The third kappa shape index (κ3) is 4.42. The summed E-state index contributed by atoms with van der Waals surface area (Å²) in [5, 5.41) is 0. The average Bonchev–Trinajstić information content (AvgIpc) is 3.15. The highest BCUT2D eigenvalue weighted by molar-refractivity contribution is 5.92. The highest BCUT2D eigenvalue weighted by Crippen LogP contribution is 2.28. The maximum atomic E-state index is 13.4. The molecule has 1 atom stereocenters. The minimum absolute atomic E-state index is 0.00856. The molecule has 1 fully saturated rings. The molecule has 1 amide bonds. The van der Waals surface area contributed by atoms with E-state index in [4.69, 9.17) is 10.2 Å². The Bertz CT molecular complexity index is 1020. The normalized spacial score (nSPS) is 16.8. The standard InChI is InChI=1S/C21H22FN5O2/c1-13-8-18(26-21(23)25-13)20(28)27-7-3-5-15(12-27)19-24-11-17(29-19)10-14-4-2-6-16(22)9-14/h2,4,6,8-9,11,15H,3,5,7,10,12H2,1H3,(H2,23,25,26)/t15-/m0/s1. The van der Waals surface area contributed by atoms with Crippen molar-refractivity contribution in [3.05, 3.63) is 70.9 Å². The zero-order chi connectivity index (χ0) is 20.4. The first-order valence-corrected chi connectivity index (χ1v) is 9.57. The molecule has 3 heterocycles. The van der Waals surface area contributed by atoms with Gasteiger partial charge in [-0.3, -0.25) is 4.79 Å². The van der Waals surface area contributed by atoms with Crippen LogP contribution in [0.15, 0.2) is 40.9 Å². The van der Waals surface area contributed by atoms with Crippen molar-refractivity contribution in [2.75, 3.05) is 18.8 Å². The van der Waals surface area contributed by atoms with Gasteiger partial charge in [-0.05, 0) is 43.5 Å². The van der Waals surface area contributed by atoms with Crippen molar-refractivity contribution in [1.29, 1.82) is 0 Å². The van der Waals surface area contributed by atoms with Crippen LogP contribution in [0.4, 0.5) is 10.3 Å². The van der Waals surface area contributed by atoms with E-state index >= 15 is 0 Å². The zero-order valence-electron chi connectivity index (χ0n) is 16.1. The van der Waals surface area contributed by atoms with Crippen molar-refractivity contribution >= 4 is 11.9 Å². The number of aryl methyl sites for hydroxylation is 1. The van der Waals surface area contributed by atoms with E-state index in [1.165, 1.54) is 12.1 Å². The van der Waals surface area contributed by atoms with Gasteiger partial charge < -0.3 is 15.1 Å². The van der Waals surface area contributed by atoms with Crippen LogP contribution in [0.25, 0.3) is 0 Å². The smallest absolute Gasteiger partial charge is 0.272 e. The fourth-order valence-electron chi connectivity index (χ4n) is 3.67. The maximum absolute atomic E-state index is 13.4. The molecule has 1 aliphatic rings. The molecule has 3 aromatic rings. The second-order valence-electron chi connectivity index (χ2n) is 7.31. The zero-order valence-corrected chi connectivity index (χ0v) is 16.1. The van der Waals surface area contributed by atoms with Crippen LogP contribution in [0.2, 0.25) is 0 Å². The number of anilines is 1. The number of piperidine rings is 1. The highest BCUT2D eigenvalue weighted by Gasteiger charge is 2.29. The Morgan fingerprint density at radius 3 is 3.00 bits per heavy atom. The summed E-state index contributed by atoms with van der Waals surface area (Å²) < 4.78 is 19.3. The molecule has 0 spiro atoms. The van der Waals surface area contributed by atoms with E-state index < -0.39 is 0 Å². The van der Waals surface area contributed by atoms with Crippen LogP contribution in [0.3, 0.4) is 0 Å². The molecule has 2 aromatic heterocycles. The average molecular weight is 395 g/mol. The van der Waals surface area contributed by atoms with Gasteiger partial charge in [0.25, 0.3) is 5.91 Å². The molecule has 29 heavy (non-hydrogen) atoms. The predicted octanol–water partition coefficient (Wildman–Crippen LogP) is 3.10. The van der Waals surface area contributed by atoms with E-state index in [0.29, 0.717) is 42.5 Å². The number of carbonyl (C=O) groups is 1. The minimum Gasteiger partial charge on any atom is -0.445 e. The molecule has 150 valence electrons. The van der Waals surface area contributed by atoms with Gasteiger partial charge in [0, 0.05) is 25.2 Å². The van der Waals surface area contributed by atoms with E-state index in [1.807, 2.05) is 6.07 Å². The Hall–Kier alpha value is -3.29. The van der Waals surface area contributed by atoms with Gasteiger partial charge in [0.1, 0.15) is 17.3 Å². The molecule has 7 nitrogen and oxygen atoms in total. The number of oxazole rings is 1. The summed E-state index contributed by atoms with van der Waals surface area (Å²) in [5.41, 5.74) is 7.46. The Labute approximate surface area is 167 Å². The van der Waals surface area contributed by atoms with Gasteiger partial charge >= 0.3 is 0 Å². The van der Waals surface area contributed by atoms with Crippen LogP contribution in [-0.2, 0) is 6.42 Å². The van der Waals surface area contributed by atoms with E-state index in [1.54, 1.807) is 30.2 Å². The van der Waals surface area contributed by atoms with Crippen LogP contribution in [0, 0.1) is 12.7 Å². The summed E-state index contributed by atoms with van der Waals surface area (Å²) in [6.07, 6.45) is 3.88. The number of nitrogens with zero attached hydrogens (tertiary/aromatic N) is 4. The monoisotopic (exact) mass is 395 g/mol. The molecular weight excluding hydrogens is 373 g/mol. The Balaban J connectivity index is 1.46. The molecule has 1 saturated heterocycles. The molecule has 0 saturated carbocycles. The number of carbonyl (C=O) groups excluding carboxylic acids is 1. The van der Waals surface area contributed by atoms with Gasteiger partial charge in [-0.1, -0.05) is 12.1 Å². The van der Waals surface area contributed by atoms with Crippen LogP contribution < -0.4 is 5.73 Å². The SMILES string of the molecule is Cc1cc(C(=O)N2CCC[C@H](c3ncc(Cc4cccc(F)c4)o3)C2)nc(N)n1. The van der Waals surface area contributed by atoms with Gasteiger partial charge in [0.15, 0.2) is 5.89 Å². The highest BCUT2D eigenvalue weighted by atomic mass is 19.1. The lowest BCUT2D eigenvalue weighted by molar-refractivity contribution is 0.0691. The summed E-state index contributed by atoms with van der Waals surface area (Å²) in [7, 11) is 0. The summed E-state index contributed by atoms with van der Waals surface area (Å²) in [4.78, 5) is 27.1. The van der Waals surface area contributed by atoms with Crippen molar-refractivity contribution in [2.45, 2.75) is 32.1 Å². The topological polar surface area (TPSA) is 98.1 Å². The predicted molar refractivity (Wildman–Crippen MR) is 105 cm³/mol. The number of amides is 1. The molecule has 1 aromatic carbocycles. The lowest BCUT2D eigenvalue weighted by Crippen LogP contribution is -2.39. The number of nitrogens with two attached hydrogens (primary N) is 1. The molecule has 0 bridgehead atoms. The van der Waals surface area contributed by atoms with Crippen LogP contribution >= 0.6 is 0 Å². The van der Waals surface area contributed by atoms with Crippen LogP contribution in [0.1, 0.15) is 52.2 Å². The molecule has 4 rings (SSSR count). The maximum Gasteiger partial charge on any atom is 0.272 e. The third-order valence-electron chi connectivity index (χ3n) is 4.99. The second kappa shape index (κ2) is 7.98. The number of nitrogen functional groups attached to an aromatic ring is 1. The molecule has 0 aliphatic carbocycles. The molecule has 0 radical (unpaired) electrons. The first kappa shape index (κ1) is 19.0.